The first kappa shape index (κ1) is 15.4. The van der Waals surface area contributed by atoms with Gasteiger partial charge in [-0.05, 0) is 37.0 Å². The van der Waals surface area contributed by atoms with Crippen LogP contribution in [-0.4, -0.2) is 30.6 Å². The Balaban J connectivity index is 2.42. The SMILES string of the molecule is C/N=C/C(=C/c1ccc2cc(C(C)SC)oc2c1)C(=O)O. The Bertz CT molecular complexity index is 715. The lowest BCUT2D eigenvalue weighted by Gasteiger charge is -2.01. The molecule has 5 heteroatoms. The van der Waals surface area contributed by atoms with Gasteiger partial charge in [0.05, 0.1) is 10.8 Å². The molecular formula is C16H17NO3S. The van der Waals surface area contributed by atoms with Crippen molar-refractivity contribution in [3.05, 3.63) is 41.2 Å². The highest BCUT2D eigenvalue weighted by atomic mass is 32.2. The molecule has 0 bridgehead atoms. The minimum atomic E-state index is -1.00. The van der Waals surface area contributed by atoms with Gasteiger partial charge in [-0.25, -0.2) is 4.79 Å². The molecule has 110 valence electrons. The maximum Gasteiger partial charge on any atom is 0.337 e. The molecule has 0 spiro atoms. The maximum atomic E-state index is 11.1. The third-order valence-electron chi connectivity index (χ3n) is 3.15. The number of nitrogens with zero attached hydrogens (tertiary/aromatic N) is 1. The van der Waals surface area contributed by atoms with E-state index in [9.17, 15) is 4.79 Å². The molecule has 21 heavy (non-hydrogen) atoms. The lowest BCUT2D eigenvalue weighted by molar-refractivity contribution is -0.131. The lowest BCUT2D eigenvalue weighted by Crippen LogP contribution is -2.01. The maximum absolute atomic E-state index is 11.1. The average molecular weight is 303 g/mol. The Labute approximate surface area is 127 Å². The van der Waals surface area contributed by atoms with E-state index >= 15 is 0 Å². The molecule has 2 rings (SSSR count). The number of hydrogen-bond donors (Lipinski definition) is 1. The van der Waals surface area contributed by atoms with Crippen molar-refractivity contribution >= 4 is 41.0 Å². The number of aliphatic carboxylic acids is 1. The van der Waals surface area contributed by atoms with Gasteiger partial charge in [0.15, 0.2) is 0 Å². The smallest absolute Gasteiger partial charge is 0.337 e. The third kappa shape index (κ3) is 3.55. The first-order valence-corrected chi connectivity index (χ1v) is 7.77. The fourth-order valence-corrected chi connectivity index (χ4v) is 2.30. The molecule has 0 fully saturated rings. The number of carboxylic acid groups (broad SMARTS) is 1. The summed E-state index contributed by atoms with van der Waals surface area (Å²) in [5.41, 5.74) is 1.68. The van der Waals surface area contributed by atoms with Crippen LogP contribution in [0.3, 0.4) is 0 Å². The molecule has 1 atom stereocenters. The van der Waals surface area contributed by atoms with Gasteiger partial charge in [-0.2, -0.15) is 11.8 Å². The minimum Gasteiger partial charge on any atom is -0.478 e. The molecule has 1 N–H and O–H groups in total. The van der Waals surface area contributed by atoms with E-state index in [0.717, 1.165) is 22.3 Å². The molecule has 1 unspecified atom stereocenters. The number of benzene rings is 1. The molecule has 0 aliphatic carbocycles. The molecule has 0 saturated heterocycles. The Hall–Kier alpha value is -2.01. The van der Waals surface area contributed by atoms with Gasteiger partial charge in [0.25, 0.3) is 0 Å². The molecule has 0 radical (unpaired) electrons. The summed E-state index contributed by atoms with van der Waals surface area (Å²) >= 11 is 1.72. The van der Waals surface area contributed by atoms with E-state index in [1.54, 1.807) is 24.9 Å². The van der Waals surface area contributed by atoms with Gasteiger partial charge >= 0.3 is 5.97 Å². The van der Waals surface area contributed by atoms with Crippen molar-refractivity contribution in [1.82, 2.24) is 0 Å². The third-order valence-corrected chi connectivity index (χ3v) is 4.09. The molecule has 1 aromatic carbocycles. The van der Waals surface area contributed by atoms with Crippen LogP contribution in [0.1, 0.15) is 23.5 Å². The first-order valence-electron chi connectivity index (χ1n) is 6.48. The van der Waals surface area contributed by atoms with Crippen molar-refractivity contribution in [2.45, 2.75) is 12.2 Å². The Morgan fingerprint density at radius 3 is 2.81 bits per heavy atom. The summed E-state index contributed by atoms with van der Waals surface area (Å²) in [4.78, 5) is 14.9. The fourth-order valence-electron chi connectivity index (χ4n) is 1.95. The van der Waals surface area contributed by atoms with Crippen LogP contribution in [-0.2, 0) is 4.79 Å². The average Bonchev–Trinajstić information content (AvgIpc) is 2.89. The number of rotatable bonds is 5. The van der Waals surface area contributed by atoms with Crippen molar-refractivity contribution in [1.29, 1.82) is 0 Å². The van der Waals surface area contributed by atoms with Crippen LogP contribution in [0.2, 0.25) is 0 Å². The van der Waals surface area contributed by atoms with Crippen molar-refractivity contribution in [3.63, 3.8) is 0 Å². The zero-order valence-corrected chi connectivity index (χ0v) is 13.0. The first-order chi connectivity index (χ1) is 10.0. The minimum absolute atomic E-state index is 0.140. The molecule has 0 amide bonds. The summed E-state index contributed by atoms with van der Waals surface area (Å²) < 4.78 is 5.83. The summed E-state index contributed by atoms with van der Waals surface area (Å²) in [7, 11) is 1.54. The predicted octanol–water partition coefficient (Wildman–Crippen LogP) is 4.03. The fraction of sp³-hybridized carbons (Fsp3) is 0.250. The second-order valence-electron chi connectivity index (χ2n) is 4.62. The molecule has 4 nitrogen and oxygen atoms in total. The van der Waals surface area contributed by atoms with Crippen molar-refractivity contribution in [2.75, 3.05) is 13.3 Å². The van der Waals surface area contributed by atoms with Gasteiger partial charge in [-0.15, -0.1) is 0 Å². The zero-order valence-electron chi connectivity index (χ0n) is 12.2. The lowest BCUT2D eigenvalue weighted by atomic mass is 10.1. The highest BCUT2D eigenvalue weighted by molar-refractivity contribution is 7.98. The number of furan rings is 1. The van der Waals surface area contributed by atoms with Gasteiger partial charge in [0.2, 0.25) is 0 Å². The summed E-state index contributed by atoms with van der Waals surface area (Å²) in [5.74, 6) is -0.0796. The van der Waals surface area contributed by atoms with E-state index in [2.05, 4.69) is 11.9 Å². The highest BCUT2D eigenvalue weighted by Gasteiger charge is 2.11. The Morgan fingerprint density at radius 1 is 1.43 bits per heavy atom. The quantitative estimate of drug-likeness (QED) is 0.669. The van der Waals surface area contributed by atoms with Crippen molar-refractivity contribution in [3.8, 4) is 0 Å². The standard InChI is InChI=1S/C16H17NO3S/c1-10(21-3)14-8-12-5-4-11(7-15(12)20-14)6-13(9-17-2)16(18)19/h4-10H,1-3H3,(H,18,19)/b13-6-,17-9+. The Morgan fingerprint density at radius 2 is 2.19 bits per heavy atom. The molecule has 1 heterocycles. The van der Waals surface area contributed by atoms with E-state index in [1.807, 2.05) is 30.5 Å². The van der Waals surface area contributed by atoms with Gasteiger partial charge in [0.1, 0.15) is 11.3 Å². The number of fused-ring (bicyclic) bond motifs is 1. The summed E-state index contributed by atoms with van der Waals surface area (Å²) in [6, 6.07) is 7.68. The number of aliphatic imine (C=N–C) groups is 1. The Kier molecular flexibility index (Phi) is 4.85. The van der Waals surface area contributed by atoms with Gasteiger partial charge in [-0.1, -0.05) is 12.1 Å². The van der Waals surface area contributed by atoms with Crippen LogP contribution < -0.4 is 0 Å². The molecular weight excluding hydrogens is 286 g/mol. The molecule has 2 aromatic rings. The van der Waals surface area contributed by atoms with E-state index < -0.39 is 5.97 Å². The molecule has 0 aliphatic rings. The molecule has 1 aromatic heterocycles. The van der Waals surface area contributed by atoms with Crippen LogP contribution in [0.25, 0.3) is 17.0 Å². The van der Waals surface area contributed by atoms with Crippen LogP contribution >= 0.6 is 11.8 Å². The number of carboxylic acids is 1. The normalized spacial score (nSPS) is 14.0. The van der Waals surface area contributed by atoms with Crippen molar-refractivity contribution in [2.24, 2.45) is 4.99 Å². The van der Waals surface area contributed by atoms with Gasteiger partial charge in [0, 0.05) is 18.6 Å². The van der Waals surface area contributed by atoms with E-state index in [-0.39, 0.29) is 10.8 Å². The van der Waals surface area contributed by atoms with Crippen LogP contribution in [0.4, 0.5) is 0 Å². The topological polar surface area (TPSA) is 62.8 Å². The largest absolute Gasteiger partial charge is 0.478 e. The second-order valence-corrected chi connectivity index (χ2v) is 5.79. The molecule has 0 saturated carbocycles. The number of hydrogen-bond acceptors (Lipinski definition) is 4. The van der Waals surface area contributed by atoms with E-state index in [1.165, 1.54) is 6.21 Å². The van der Waals surface area contributed by atoms with Crippen LogP contribution in [0, 0.1) is 0 Å². The summed E-state index contributed by atoms with van der Waals surface area (Å²) in [5, 5.41) is 10.4. The second kappa shape index (κ2) is 6.63. The predicted molar refractivity (Wildman–Crippen MR) is 88.2 cm³/mol. The van der Waals surface area contributed by atoms with Crippen LogP contribution in [0.15, 0.2) is 39.2 Å². The summed E-state index contributed by atoms with van der Waals surface area (Å²) in [6.45, 7) is 2.09. The highest BCUT2D eigenvalue weighted by Crippen LogP contribution is 2.31. The van der Waals surface area contributed by atoms with E-state index in [0.29, 0.717) is 0 Å². The number of carbonyl (C=O) groups is 1. The van der Waals surface area contributed by atoms with Crippen LogP contribution in [0.5, 0.6) is 0 Å². The molecule has 0 aliphatic heterocycles. The van der Waals surface area contributed by atoms with Gasteiger partial charge in [-0.3, -0.25) is 4.99 Å². The van der Waals surface area contributed by atoms with Gasteiger partial charge < -0.3 is 9.52 Å². The summed E-state index contributed by atoms with van der Waals surface area (Å²) in [6.07, 6.45) is 4.94. The van der Waals surface area contributed by atoms with Crippen molar-refractivity contribution < 1.29 is 14.3 Å². The van der Waals surface area contributed by atoms with E-state index in [4.69, 9.17) is 9.52 Å². The monoisotopic (exact) mass is 303 g/mol. The number of thioether (sulfide) groups is 1. The zero-order chi connectivity index (χ0) is 15.4.